The third-order valence-corrected chi connectivity index (χ3v) is 4.34. The molecule has 0 radical (unpaired) electrons. The molecule has 1 aliphatic heterocycles. The third-order valence-electron chi connectivity index (χ3n) is 4.34. The molecule has 122 valence electrons. The first kappa shape index (κ1) is 15.7. The lowest BCUT2D eigenvalue weighted by molar-refractivity contribution is -0.131. The van der Waals surface area contributed by atoms with E-state index in [-0.39, 0.29) is 30.1 Å². The van der Waals surface area contributed by atoms with Crippen LogP contribution in [-0.4, -0.2) is 22.5 Å². The molecule has 1 amide bonds. The van der Waals surface area contributed by atoms with Gasteiger partial charge in [-0.2, -0.15) is 0 Å². The maximum absolute atomic E-state index is 13.7. The van der Waals surface area contributed by atoms with Gasteiger partial charge in [-0.3, -0.25) is 4.79 Å². The Morgan fingerprint density at radius 1 is 1.43 bits per heavy atom. The van der Waals surface area contributed by atoms with Crippen LogP contribution in [0.25, 0.3) is 0 Å². The molecule has 0 aliphatic carbocycles. The van der Waals surface area contributed by atoms with Gasteiger partial charge in [-0.15, -0.1) is 0 Å². The van der Waals surface area contributed by atoms with Crippen molar-refractivity contribution in [2.24, 2.45) is 0 Å². The van der Waals surface area contributed by atoms with Crippen molar-refractivity contribution in [2.75, 3.05) is 6.54 Å². The van der Waals surface area contributed by atoms with E-state index in [2.05, 4.69) is 19.0 Å². The summed E-state index contributed by atoms with van der Waals surface area (Å²) in [6.07, 6.45) is 1.86. The van der Waals surface area contributed by atoms with Gasteiger partial charge in [0.25, 0.3) is 0 Å². The standard InChI is InChI=1S/C18H21FN2O2/c1-12(2)15-11-17(23-20-15)16-8-5-9-21(16)18(22)10-13-6-3-4-7-14(13)19/h3-4,6-7,11-12,16H,5,8-10H2,1-2H3/t16-/m1/s1. The van der Waals surface area contributed by atoms with Gasteiger partial charge in [0.15, 0.2) is 5.76 Å². The third kappa shape index (κ3) is 3.28. The van der Waals surface area contributed by atoms with Crippen LogP contribution in [0.4, 0.5) is 4.39 Å². The topological polar surface area (TPSA) is 46.3 Å². The summed E-state index contributed by atoms with van der Waals surface area (Å²) in [6.45, 7) is 4.78. The SMILES string of the molecule is CC(C)c1cc([C@H]2CCCN2C(=O)Cc2ccccc2F)on1. The van der Waals surface area contributed by atoms with Crippen molar-refractivity contribution in [3.63, 3.8) is 0 Å². The molecule has 4 nitrogen and oxygen atoms in total. The van der Waals surface area contributed by atoms with Crippen LogP contribution in [0.15, 0.2) is 34.9 Å². The second-order valence-corrected chi connectivity index (χ2v) is 6.32. The van der Waals surface area contributed by atoms with E-state index in [4.69, 9.17) is 4.52 Å². The predicted octanol–water partition coefficient (Wildman–Crippen LogP) is 3.84. The van der Waals surface area contributed by atoms with Gasteiger partial charge in [-0.1, -0.05) is 37.2 Å². The lowest BCUT2D eigenvalue weighted by Crippen LogP contribution is -2.31. The number of carbonyl (C=O) groups excluding carboxylic acids is 1. The van der Waals surface area contributed by atoms with Crippen LogP contribution >= 0.6 is 0 Å². The molecule has 0 saturated carbocycles. The minimum atomic E-state index is -0.335. The molecule has 1 aliphatic rings. The Labute approximate surface area is 135 Å². The smallest absolute Gasteiger partial charge is 0.227 e. The van der Waals surface area contributed by atoms with Gasteiger partial charge >= 0.3 is 0 Å². The molecule has 3 rings (SSSR count). The summed E-state index contributed by atoms with van der Waals surface area (Å²) in [4.78, 5) is 14.4. The van der Waals surface area contributed by atoms with Crippen LogP contribution in [0.3, 0.4) is 0 Å². The molecule has 0 bridgehead atoms. The maximum Gasteiger partial charge on any atom is 0.227 e. The van der Waals surface area contributed by atoms with Crippen LogP contribution in [0.1, 0.15) is 55.7 Å². The molecule has 2 heterocycles. The first-order valence-electron chi connectivity index (χ1n) is 8.05. The van der Waals surface area contributed by atoms with Crippen LogP contribution in [0.5, 0.6) is 0 Å². The molecular weight excluding hydrogens is 295 g/mol. The van der Waals surface area contributed by atoms with Gasteiger partial charge in [0.2, 0.25) is 5.91 Å². The average Bonchev–Trinajstić information content (AvgIpc) is 3.17. The molecule has 0 unspecified atom stereocenters. The number of halogens is 1. The van der Waals surface area contributed by atoms with Crippen molar-refractivity contribution in [3.05, 3.63) is 53.2 Å². The molecule has 0 N–H and O–H groups in total. The molecule has 1 aromatic heterocycles. The van der Waals surface area contributed by atoms with Crippen LogP contribution in [0, 0.1) is 5.82 Å². The van der Waals surface area contributed by atoms with Gasteiger partial charge < -0.3 is 9.42 Å². The second kappa shape index (κ2) is 6.52. The fourth-order valence-electron chi connectivity index (χ4n) is 3.00. The summed E-state index contributed by atoms with van der Waals surface area (Å²) in [6, 6.07) is 8.26. The summed E-state index contributed by atoms with van der Waals surface area (Å²) in [5, 5.41) is 4.08. The van der Waals surface area contributed by atoms with E-state index < -0.39 is 0 Å². The van der Waals surface area contributed by atoms with E-state index >= 15 is 0 Å². The molecule has 1 atom stereocenters. The number of hydrogen-bond donors (Lipinski definition) is 0. The molecule has 2 aromatic rings. The quantitative estimate of drug-likeness (QED) is 0.861. The first-order chi connectivity index (χ1) is 11.1. The normalized spacial score (nSPS) is 17.9. The lowest BCUT2D eigenvalue weighted by Gasteiger charge is -2.22. The highest BCUT2D eigenvalue weighted by molar-refractivity contribution is 5.79. The number of aromatic nitrogens is 1. The Morgan fingerprint density at radius 2 is 2.22 bits per heavy atom. The number of rotatable bonds is 4. The Hall–Kier alpha value is -2.17. The average molecular weight is 316 g/mol. The second-order valence-electron chi connectivity index (χ2n) is 6.32. The van der Waals surface area contributed by atoms with Crippen LogP contribution in [0.2, 0.25) is 0 Å². The van der Waals surface area contributed by atoms with Crippen LogP contribution in [-0.2, 0) is 11.2 Å². The molecule has 23 heavy (non-hydrogen) atoms. The van der Waals surface area contributed by atoms with E-state index in [1.54, 1.807) is 23.1 Å². The number of benzene rings is 1. The molecule has 1 saturated heterocycles. The Morgan fingerprint density at radius 3 is 2.91 bits per heavy atom. The maximum atomic E-state index is 13.7. The minimum absolute atomic E-state index is 0.0694. The van der Waals surface area contributed by atoms with E-state index in [0.717, 1.165) is 24.3 Å². The van der Waals surface area contributed by atoms with E-state index in [1.807, 2.05) is 6.07 Å². The summed E-state index contributed by atoms with van der Waals surface area (Å²) in [5.41, 5.74) is 1.33. The molecule has 5 heteroatoms. The van der Waals surface area contributed by atoms with Gasteiger partial charge in [0.1, 0.15) is 5.82 Å². The van der Waals surface area contributed by atoms with Gasteiger partial charge in [-0.05, 0) is 30.4 Å². The summed E-state index contributed by atoms with van der Waals surface area (Å²) >= 11 is 0. The fraction of sp³-hybridized carbons (Fsp3) is 0.444. The number of likely N-dealkylation sites (tertiary alicyclic amines) is 1. The highest BCUT2D eigenvalue weighted by Gasteiger charge is 2.33. The predicted molar refractivity (Wildman–Crippen MR) is 84.4 cm³/mol. The van der Waals surface area contributed by atoms with Crippen molar-refractivity contribution in [1.82, 2.24) is 10.1 Å². The lowest BCUT2D eigenvalue weighted by atomic mass is 10.1. The minimum Gasteiger partial charge on any atom is -0.359 e. The monoisotopic (exact) mass is 316 g/mol. The molecule has 1 fully saturated rings. The Balaban J connectivity index is 1.75. The zero-order valence-corrected chi connectivity index (χ0v) is 13.5. The number of hydrogen-bond acceptors (Lipinski definition) is 3. The fourth-order valence-corrected chi connectivity index (χ4v) is 3.00. The van der Waals surface area contributed by atoms with Crippen molar-refractivity contribution >= 4 is 5.91 Å². The number of carbonyl (C=O) groups is 1. The summed E-state index contributed by atoms with van der Waals surface area (Å²) in [7, 11) is 0. The van der Waals surface area contributed by atoms with Crippen LogP contribution < -0.4 is 0 Å². The Bertz CT molecular complexity index is 696. The zero-order chi connectivity index (χ0) is 16.4. The van der Waals surface area contributed by atoms with Gasteiger partial charge in [-0.25, -0.2) is 4.39 Å². The van der Waals surface area contributed by atoms with Gasteiger partial charge in [0.05, 0.1) is 18.2 Å². The molecule has 0 spiro atoms. The summed E-state index contributed by atoms with van der Waals surface area (Å²) in [5.74, 6) is 0.614. The zero-order valence-electron chi connectivity index (χ0n) is 13.5. The highest BCUT2D eigenvalue weighted by atomic mass is 19.1. The largest absolute Gasteiger partial charge is 0.359 e. The van der Waals surface area contributed by atoms with Crippen molar-refractivity contribution in [2.45, 2.75) is 45.1 Å². The summed E-state index contributed by atoms with van der Waals surface area (Å²) < 4.78 is 19.2. The van der Waals surface area contributed by atoms with E-state index in [9.17, 15) is 9.18 Å². The number of amides is 1. The Kier molecular flexibility index (Phi) is 4.46. The van der Waals surface area contributed by atoms with Crippen molar-refractivity contribution in [1.29, 1.82) is 0 Å². The van der Waals surface area contributed by atoms with E-state index in [0.29, 0.717) is 12.1 Å². The van der Waals surface area contributed by atoms with Crippen molar-refractivity contribution in [3.8, 4) is 0 Å². The molecular formula is C18H21FN2O2. The van der Waals surface area contributed by atoms with Gasteiger partial charge in [0, 0.05) is 12.6 Å². The highest BCUT2D eigenvalue weighted by Crippen LogP contribution is 2.33. The molecule has 1 aromatic carbocycles. The van der Waals surface area contributed by atoms with E-state index in [1.165, 1.54) is 6.07 Å². The number of nitrogens with zero attached hydrogens (tertiary/aromatic N) is 2. The first-order valence-corrected chi connectivity index (χ1v) is 8.05. The van der Waals surface area contributed by atoms with Crippen molar-refractivity contribution < 1.29 is 13.7 Å².